The van der Waals surface area contributed by atoms with Crippen molar-refractivity contribution in [2.45, 2.75) is 202 Å². The Labute approximate surface area is 356 Å². The van der Waals surface area contributed by atoms with Crippen molar-refractivity contribution >= 4 is 35.8 Å². The SMILES string of the molecule is C.C1CCCC1.CCCCC(CC)CO.CCCCCC(CC)OC(=O)C(CC(=O)[O-])[NH+]1CCCC1.O=C1C=CC(=O)O1.[CH2+]CCCCC(CC)OC(=O)/C=C\C(=O)O. The molecule has 2 heterocycles. The molecule has 2 fully saturated rings. The number of esters is 4. The smallest absolute Gasteiger partial charge is 0.365 e. The molecule has 0 radical (unpaired) electrons. The number of carboxylic acids is 2. The second kappa shape index (κ2) is 41.0. The third-order valence-electron chi connectivity index (χ3n) is 10.00. The van der Waals surface area contributed by atoms with Crippen LogP contribution >= 0.6 is 0 Å². The molecule has 1 aliphatic carbocycles. The number of hydrogen-bond acceptors (Lipinski definition) is 11. The second-order valence-electron chi connectivity index (χ2n) is 14.9. The van der Waals surface area contributed by atoms with Crippen molar-refractivity contribution in [3.63, 3.8) is 0 Å². The fourth-order valence-corrected chi connectivity index (χ4v) is 6.30. The Morgan fingerprint density at radius 2 is 1.27 bits per heavy atom. The van der Waals surface area contributed by atoms with Crippen LogP contribution in [0.3, 0.4) is 0 Å². The van der Waals surface area contributed by atoms with Gasteiger partial charge in [-0.2, -0.15) is 0 Å². The van der Waals surface area contributed by atoms with Crippen molar-refractivity contribution in [1.29, 1.82) is 0 Å². The molecule has 4 unspecified atom stereocenters. The number of carboxylic acid groups (broad SMARTS) is 2. The van der Waals surface area contributed by atoms with Crippen molar-refractivity contribution in [3.05, 3.63) is 31.2 Å². The van der Waals surface area contributed by atoms with Gasteiger partial charge in [0.25, 0.3) is 0 Å². The Morgan fingerprint density at radius 3 is 1.66 bits per heavy atom. The molecule has 1 saturated carbocycles. The number of ether oxygens (including phenoxy) is 3. The maximum atomic E-state index is 12.3. The number of quaternary nitrogens is 1. The molecule has 0 amide bonds. The molecule has 4 atom stereocenters. The minimum atomic E-state index is -1.17. The Kier molecular flexibility index (Phi) is 41.5. The molecule has 13 nitrogen and oxygen atoms in total. The van der Waals surface area contributed by atoms with E-state index < -0.39 is 35.9 Å². The summed E-state index contributed by atoms with van der Waals surface area (Å²) >= 11 is 0. The lowest BCUT2D eigenvalue weighted by molar-refractivity contribution is -0.904. The van der Waals surface area contributed by atoms with Crippen LogP contribution in [0.2, 0.25) is 0 Å². The molecule has 3 rings (SSSR count). The van der Waals surface area contributed by atoms with Crippen LogP contribution in [0, 0.1) is 12.8 Å². The first-order chi connectivity index (χ1) is 27.8. The van der Waals surface area contributed by atoms with Gasteiger partial charge < -0.3 is 39.2 Å². The average molecular weight is 841 g/mol. The Morgan fingerprint density at radius 1 is 0.763 bits per heavy atom. The molecular formula is C46H82NO12+. The summed E-state index contributed by atoms with van der Waals surface area (Å²) in [5.41, 5.74) is 0. The zero-order valence-corrected chi connectivity index (χ0v) is 36.5. The Balaban J connectivity index is -0.000000722. The molecule has 0 aromatic carbocycles. The number of nitrogens with one attached hydrogen (secondary N) is 1. The lowest BCUT2D eigenvalue weighted by Crippen LogP contribution is -3.15. The van der Waals surface area contributed by atoms with E-state index in [-0.39, 0.29) is 32.0 Å². The van der Waals surface area contributed by atoms with E-state index in [1.54, 1.807) is 0 Å². The number of aliphatic hydroxyl groups excluding tert-OH is 1. The summed E-state index contributed by atoms with van der Waals surface area (Å²) in [5.74, 6) is -3.87. The molecule has 2 aliphatic heterocycles. The van der Waals surface area contributed by atoms with Gasteiger partial charge in [-0.3, -0.25) is 0 Å². The summed E-state index contributed by atoms with van der Waals surface area (Å²) in [5, 5.41) is 28.0. The van der Waals surface area contributed by atoms with Crippen LogP contribution in [0.25, 0.3) is 0 Å². The summed E-state index contributed by atoms with van der Waals surface area (Å²) in [6, 6.07) is -0.599. The van der Waals surface area contributed by atoms with Gasteiger partial charge in [-0.05, 0) is 57.3 Å². The molecular weight excluding hydrogens is 759 g/mol. The molecule has 59 heavy (non-hydrogen) atoms. The topological polar surface area (TPSA) is 198 Å². The number of likely N-dealkylation sites (tertiary alicyclic amines) is 1. The van der Waals surface area contributed by atoms with Crippen LogP contribution in [-0.4, -0.2) is 84.0 Å². The summed E-state index contributed by atoms with van der Waals surface area (Å²) < 4.78 is 14.6. The Bertz CT molecular complexity index is 1130. The van der Waals surface area contributed by atoms with Gasteiger partial charge in [0.15, 0.2) is 6.04 Å². The first-order valence-electron chi connectivity index (χ1n) is 22.0. The van der Waals surface area contributed by atoms with Gasteiger partial charge in [0, 0.05) is 49.7 Å². The monoisotopic (exact) mass is 841 g/mol. The van der Waals surface area contributed by atoms with E-state index in [2.05, 4.69) is 32.4 Å². The summed E-state index contributed by atoms with van der Waals surface area (Å²) in [6.07, 6.45) is 27.2. The normalized spacial score (nSPS) is 16.2. The van der Waals surface area contributed by atoms with Crippen molar-refractivity contribution < 1.29 is 63.2 Å². The number of cyclic esters (lactones) is 2. The maximum Gasteiger partial charge on any atom is 0.365 e. The van der Waals surface area contributed by atoms with E-state index in [1.165, 1.54) is 51.4 Å². The van der Waals surface area contributed by atoms with Gasteiger partial charge in [0.05, 0.1) is 32.9 Å². The van der Waals surface area contributed by atoms with Gasteiger partial charge in [-0.1, -0.05) is 106 Å². The summed E-state index contributed by atoms with van der Waals surface area (Å²) in [6.45, 7) is 16.2. The zero-order chi connectivity index (χ0) is 44.0. The van der Waals surface area contributed by atoms with E-state index in [0.29, 0.717) is 12.5 Å². The van der Waals surface area contributed by atoms with Gasteiger partial charge in [0.1, 0.15) is 12.2 Å². The number of aliphatic hydroxyl groups is 1. The zero-order valence-electron chi connectivity index (χ0n) is 36.5. The molecule has 3 N–H and O–H groups in total. The van der Waals surface area contributed by atoms with Crippen LogP contribution in [0.5, 0.6) is 0 Å². The molecule has 13 heteroatoms. The van der Waals surface area contributed by atoms with Crippen LogP contribution in [0.15, 0.2) is 24.3 Å². The van der Waals surface area contributed by atoms with E-state index in [1.807, 2.05) is 13.8 Å². The molecule has 0 spiro atoms. The highest BCUT2D eigenvalue weighted by Crippen LogP contribution is 2.15. The second-order valence-corrected chi connectivity index (χ2v) is 14.9. The fraction of sp³-hybridized carbons (Fsp3) is 0.761. The van der Waals surface area contributed by atoms with Gasteiger partial charge >= 0.3 is 29.8 Å². The minimum Gasteiger partial charge on any atom is -0.550 e. The molecule has 0 aromatic rings. The van der Waals surface area contributed by atoms with Crippen molar-refractivity contribution in [2.75, 3.05) is 19.7 Å². The Hall–Kier alpha value is -3.71. The van der Waals surface area contributed by atoms with E-state index >= 15 is 0 Å². The van der Waals surface area contributed by atoms with Crippen molar-refractivity contribution in [3.8, 4) is 0 Å². The fourth-order valence-electron chi connectivity index (χ4n) is 6.30. The number of carbonyl (C=O) groups is 6. The van der Waals surface area contributed by atoms with Crippen molar-refractivity contribution in [2.24, 2.45) is 5.92 Å². The van der Waals surface area contributed by atoms with Gasteiger partial charge in [-0.25, -0.2) is 24.0 Å². The third-order valence-corrected chi connectivity index (χ3v) is 10.00. The molecule has 342 valence electrons. The van der Waals surface area contributed by atoms with Crippen LogP contribution in [-0.2, 0) is 43.0 Å². The quantitative estimate of drug-likeness (QED) is 0.0243. The maximum absolute atomic E-state index is 12.3. The van der Waals surface area contributed by atoms with E-state index in [4.69, 9.17) is 19.7 Å². The number of hydrogen-bond donors (Lipinski definition) is 3. The first kappa shape index (κ1) is 59.6. The molecule has 1 saturated heterocycles. The predicted octanol–water partition coefficient (Wildman–Crippen LogP) is 6.83. The predicted molar refractivity (Wildman–Crippen MR) is 229 cm³/mol. The lowest BCUT2D eigenvalue weighted by atomic mass is 10.0. The van der Waals surface area contributed by atoms with E-state index in [0.717, 1.165) is 126 Å². The standard InChI is InChI=1S/C16H29NO4.C12H18O4.C8H18O.C5H10.C4H2O3.CH4/c1-3-5-6-9-13(4-2)21-16(20)14(12-15(18)19)17-10-7-8-11-17;1-3-5-6-7-10(4-2)16-12(15)9-8-11(13)14;1-3-5-6-8(4-2)7-9;1-2-4-5-3-1;5-3-1-2-4(6)7-3;/h13-14H,3-12H2,1-2H3,(H,18,19);8-10H,1,3-7H2,2H3;8-9H,3-7H2,1-2H3;1-5H2;1-2H;1H4/p+1/b;9-8-;;;;. The summed E-state index contributed by atoms with van der Waals surface area (Å²) in [4.78, 5) is 65.5. The number of aliphatic carboxylic acids is 2. The van der Waals surface area contributed by atoms with E-state index in [9.17, 15) is 33.9 Å². The number of carbonyl (C=O) groups excluding carboxylic acids is 5. The third kappa shape index (κ3) is 35.9. The average Bonchev–Trinajstić information content (AvgIpc) is 4.03. The van der Waals surface area contributed by atoms with Crippen LogP contribution < -0.4 is 10.0 Å². The van der Waals surface area contributed by atoms with Gasteiger partial charge in [-0.15, -0.1) is 0 Å². The minimum absolute atomic E-state index is 0. The molecule has 0 bridgehead atoms. The van der Waals surface area contributed by atoms with Crippen LogP contribution in [0.1, 0.15) is 183 Å². The van der Waals surface area contributed by atoms with Gasteiger partial charge in [0.2, 0.25) is 0 Å². The molecule has 3 aliphatic rings. The highest BCUT2D eigenvalue weighted by Gasteiger charge is 2.34. The number of rotatable bonds is 23. The van der Waals surface area contributed by atoms with Crippen molar-refractivity contribution in [1.82, 2.24) is 0 Å². The summed E-state index contributed by atoms with van der Waals surface area (Å²) in [7, 11) is 0. The first-order valence-corrected chi connectivity index (χ1v) is 22.0. The largest absolute Gasteiger partial charge is 0.550 e. The molecule has 0 aromatic heterocycles. The van der Waals surface area contributed by atoms with Crippen LogP contribution in [0.4, 0.5) is 0 Å². The highest BCUT2D eigenvalue weighted by molar-refractivity contribution is 6.04. The highest BCUT2D eigenvalue weighted by atomic mass is 16.6. The lowest BCUT2D eigenvalue weighted by Gasteiger charge is -2.25. The number of unbranched alkanes of at least 4 members (excludes halogenated alkanes) is 5.